The molecule has 0 bridgehead atoms. The molecule has 0 atom stereocenters. The van der Waals surface area contributed by atoms with E-state index in [0.29, 0.717) is 0 Å². The van der Waals surface area contributed by atoms with Gasteiger partial charge in [0.15, 0.2) is 0 Å². The van der Waals surface area contributed by atoms with Gasteiger partial charge in [-0.25, -0.2) is 0 Å². The van der Waals surface area contributed by atoms with E-state index in [1.807, 2.05) is 41.8 Å². The van der Waals surface area contributed by atoms with Crippen LogP contribution in [-0.2, 0) is 13.5 Å². The van der Waals surface area contributed by atoms with Crippen molar-refractivity contribution >= 4 is 23.1 Å². The average Bonchev–Trinajstić information content (AvgIpc) is 2.94. The number of nitrogens with zero attached hydrogens (tertiary/aromatic N) is 2. The second-order valence-corrected chi connectivity index (χ2v) is 6.32. The Labute approximate surface area is 117 Å². The summed E-state index contributed by atoms with van der Waals surface area (Å²) in [5, 5.41) is 11.2. The molecule has 0 fully saturated rings. The highest BCUT2D eigenvalue weighted by atomic mass is 32.2. The third-order valence-corrected chi connectivity index (χ3v) is 4.64. The summed E-state index contributed by atoms with van der Waals surface area (Å²) in [6.07, 6.45) is 1.13. The first-order valence-electron chi connectivity index (χ1n) is 6.12. The fraction of sp³-hybridized carbons (Fsp3) is 0.462. The summed E-state index contributed by atoms with van der Waals surface area (Å²) < 4.78 is 1.95. The zero-order chi connectivity index (χ0) is 12.8. The van der Waals surface area contributed by atoms with E-state index < -0.39 is 0 Å². The lowest BCUT2D eigenvalue weighted by Crippen LogP contribution is -2.19. The molecule has 1 N–H and O–H groups in total. The highest BCUT2D eigenvalue weighted by molar-refractivity contribution is 7.99. The molecule has 0 saturated carbocycles. The van der Waals surface area contributed by atoms with Crippen molar-refractivity contribution in [2.75, 3.05) is 18.8 Å². The molecule has 0 unspecified atom stereocenters. The van der Waals surface area contributed by atoms with Crippen molar-refractivity contribution in [3.63, 3.8) is 0 Å². The van der Waals surface area contributed by atoms with E-state index in [2.05, 4.69) is 34.0 Å². The van der Waals surface area contributed by atoms with Gasteiger partial charge in [0.05, 0.1) is 10.7 Å². The summed E-state index contributed by atoms with van der Waals surface area (Å²) in [5.41, 5.74) is 1.09. The van der Waals surface area contributed by atoms with E-state index >= 15 is 0 Å². The third kappa shape index (κ3) is 4.15. The molecule has 98 valence electrons. The molecule has 3 nitrogen and oxygen atoms in total. The first-order valence-corrected chi connectivity index (χ1v) is 7.99. The number of aryl methyl sites for hydroxylation is 2. The first kappa shape index (κ1) is 13.6. The maximum absolute atomic E-state index is 4.34. The number of hydrogen-bond donors (Lipinski definition) is 1. The van der Waals surface area contributed by atoms with Crippen molar-refractivity contribution in [3.05, 3.63) is 34.2 Å². The molecule has 0 aromatic carbocycles. The van der Waals surface area contributed by atoms with E-state index in [9.17, 15) is 0 Å². The fourth-order valence-corrected chi connectivity index (χ4v) is 3.39. The Kier molecular flexibility index (Phi) is 5.28. The average molecular weight is 281 g/mol. The zero-order valence-electron chi connectivity index (χ0n) is 10.8. The predicted molar refractivity (Wildman–Crippen MR) is 79.6 cm³/mol. The van der Waals surface area contributed by atoms with Crippen LogP contribution in [0.1, 0.15) is 10.6 Å². The van der Waals surface area contributed by atoms with Gasteiger partial charge in [-0.15, -0.1) is 23.1 Å². The van der Waals surface area contributed by atoms with E-state index in [4.69, 9.17) is 0 Å². The Balaban J connectivity index is 1.57. The maximum Gasteiger partial charge on any atom is 0.0939 e. The van der Waals surface area contributed by atoms with E-state index in [1.54, 1.807) is 0 Å². The van der Waals surface area contributed by atoms with E-state index in [1.165, 1.54) is 9.90 Å². The topological polar surface area (TPSA) is 29.9 Å². The Morgan fingerprint density at radius 2 is 2.33 bits per heavy atom. The van der Waals surface area contributed by atoms with Gasteiger partial charge in [-0.05, 0) is 37.4 Å². The number of hydrogen-bond acceptors (Lipinski definition) is 4. The second kappa shape index (κ2) is 6.97. The Hall–Kier alpha value is -0.780. The van der Waals surface area contributed by atoms with Crippen LogP contribution in [0.3, 0.4) is 0 Å². The fourth-order valence-electron chi connectivity index (χ4n) is 1.74. The standard InChI is InChI=1S/C13H19N3S2/c1-11-10-13(16(2)15-11)18-9-7-14-6-5-12-4-3-8-17-12/h3-4,8,10,14H,5-7,9H2,1-2H3. The Morgan fingerprint density at radius 3 is 3.00 bits per heavy atom. The van der Waals surface area contributed by atoms with Gasteiger partial charge in [0.25, 0.3) is 0 Å². The highest BCUT2D eigenvalue weighted by Gasteiger charge is 2.01. The lowest BCUT2D eigenvalue weighted by atomic mass is 10.3. The number of rotatable bonds is 7. The van der Waals surface area contributed by atoms with Crippen molar-refractivity contribution in [2.24, 2.45) is 7.05 Å². The summed E-state index contributed by atoms with van der Waals surface area (Å²) in [4.78, 5) is 1.46. The van der Waals surface area contributed by atoms with Gasteiger partial charge in [0.2, 0.25) is 0 Å². The molecule has 0 spiro atoms. The Bertz CT molecular complexity index is 463. The molecule has 18 heavy (non-hydrogen) atoms. The molecule has 0 saturated heterocycles. The smallest absolute Gasteiger partial charge is 0.0939 e. The minimum absolute atomic E-state index is 1.04. The van der Waals surface area contributed by atoms with Crippen molar-refractivity contribution in [1.82, 2.24) is 15.1 Å². The van der Waals surface area contributed by atoms with Crippen LogP contribution >= 0.6 is 23.1 Å². The molecule has 0 aliphatic carbocycles. The molecule has 0 radical (unpaired) electrons. The largest absolute Gasteiger partial charge is 0.316 e. The van der Waals surface area contributed by atoms with Gasteiger partial charge in [-0.3, -0.25) is 4.68 Å². The van der Waals surface area contributed by atoms with Gasteiger partial charge in [-0.1, -0.05) is 6.07 Å². The van der Waals surface area contributed by atoms with E-state index in [-0.39, 0.29) is 0 Å². The van der Waals surface area contributed by atoms with Gasteiger partial charge in [0, 0.05) is 24.2 Å². The number of aromatic nitrogens is 2. The van der Waals surface area contributed by atoms with Gasteiger partial charge >= 0.3 is 0 Å². The molecule has 5 heteroatoms. The molecule has 0 amide bonds. The van der Waals surface area contributed by atoms with Crippen molar-refractivity contribution < 1.29 is 0 Å². The monoisotopic (exact) mass is 281 g/mol. The molecule has 2 rings (SSSR count). The summed E-state index contributed by atoms with van der Waals surface area (Å²) in [6, 6.07) is 6.44. The summed E-state index contributed by atoms with van der Waals surface area (Å²) >= 11 is 3.69. The highest BCUT2D eigenvalue weighted by Crippen LogP contribution is 2.17. The lowest BCUT2D eigenvalue weighted by molar-refractivity contribution is 0.690. The minimum atomic E-state index is 1.04. The van der Waals surface area contributed by atoms with Crippen LogP contribution in [-0.4, -0.2) is 28.6 Å². The van der Waals surface area contributed by atoms with E-state index in [0.717, 1.165) is 31.0 Å². The van der Waals surface area contributed by atoms with Gasteiger partial charge in [0.1, 0.15) is 0 Å². The van der Waals surface area contributed by atoms with Crippen molar-refractivity contribution in [3.8, 4) is 0 Å². The lowest BCUT2D eigenvalue weighted by Gasteiger charge is -2.04. The first-order chi connectivity index (χ1) is 8.75. The summed E-state index contributed by atoms with van der Waals surface area (Å²) in [6.45, 7) is 4.13. The maximum atomic E-state index is 4.34. The number of nitrogens with one attached hydrogen (secondary N) is 1. The zero-order valence-corrected chi connectivity index (χ0v) is 12.5. The van der Waals surface area contributed by atoms with Crippen LogP contribution in [0, 0.1) is 6.92 Å². The molecule has 2 aromatic rings. The minimum Gasteiger partial charge on any atom is -0.316 e. The molecule has 2 aromatic heterocycles. The van der Waals surface area contributed by atoms with Crippen LogP contribution in [0.2, 0.25) is 0 Å². The number of thiophene rings is 1. The Morgan fingerprint density at radius 1 is 1.44 bits per heavy atom. The van der Waals surface area contributed by atoms with Gasteiger partial charge < -0.3 is 5.32 Å². The van der Waals surface area contributed by atoms with Crippen molar-refractivity contribution in [1.29, 1.82) is 0 Å². The van der Waals surface area contributed by atoms with Crippen LogP contribution in [0.25, 0.3) is 0 Å². The van der Waals surface area contributed by atoms with Gasteiger partial charge in [-0.2, -0.15) is 5.10 Å². The van der Waals surface area contributed by atoms with Crippen LogP contribution < -0.4 is 5.32 Å². The predicted octanol–water partition coefficient (Wildman–Crippen LogP) is 2.71. The summed E-state index contributed by atoms with van der Waals surface area (Å²) in [7, 11) is 2.00. The van der Waals surface area contributed by atoms with Crippen LogP contribution in [0.15, 0.2) is 28.6 Å². The quantitative estimate of drug-likeness (QED) is 0.625. The molecule has 2 heterocycles. The normalized spacial score (nSPS) is 11.0. The SMILES string of the molecule is Cc1cc(SCCNCCc2cccs2)n(C)n1. The molecule has 0 aliphatic rings. The van der Waals surface area contributed by atoms with Crippen LogP contribution in [0.4, 0.5) is 0 Å². The third-order valence-electron chi connectivity index (χ3n) is 2.62. The molecule has 0 aliphatic heterocycles. The van der Waals surface area contributed by atoms with Crippen LogP contribution in [0.5, 0.6) is 0 Å². The summed E-state index contributed by atoms with van der Waals surface area (Å²) in [5.74, 6) is 1.09. The molecular formula is C13H19N3S2. The second-order valence-electron chi connectivity index (χ2n) is 4.18. The van der Waals surface area contributed by atoms with Crippen molar-refractivity contribution in [2.45, 2.75) is 18.4 Å². The molecular weight excluding hydrogens is 262 g/mol. The number of thioether (sulfide) groups is 1.